The van der Waals surface area contributed by atoms with Gasteiger partial charge in [-0.05, 0) is 25.2 Å². The Bertz CT molecular complexity index is 253. The smallest absolute Gasteiger partial charge is 0.182 e. The molecule has 0 radical (unpaired) electrons. The summed E-state index contributed by atoms with van der Waals surface area (Å²) in [7, 11) is 0. The van der Waals surface area contributed by atoms with Gasteiger partial charge in [-0.1, -0.05) is 6.92 Å². The maximum absolute atomic E-state index is 4.32. The third-order valence-electron chi connectivity index (χ3n) is 2.03. The van der Waals surface area contributed by atoms with Crippen molar-refractivity contribution in [1.82, 2.24) is 4.98 Å². The summed E-state index contributed by atoms with van der Waals surface area (Å²) in [5.41, 5.74) is 0. The van der Waals surface area contributed by atoms with Crippen molar-refractivity contribution in [2.24, 2.45) is 0 Å². The van der Waals surface area contributed by atoms with Gasteiger partial charge in [0.25, 0.3) is 0 Å². The van der Waals surface area contributed by atoms with Crippen LogP contribution >= 0.6 is 11.3 Å². The number of thiazole rings is 1. The first-order valence-corrected chi connectivity index (χ1v) is 5.41. The average Bonchev–Trinajstić information content (AvgIpc) is 2.83. The molecule has 0 aliphatic heterocycles. The molecule has 0 saturated heterocycles. The fraction of sp³-hybridized carbons (Fsp3) is 0.667. The summed E-state index contributed by atoms with van der Waals surface area (Å²) in [6, 6.07) is 0. The number of hydrogen-bond donors (Lipinski definition) is 1. The Morgan fingerprint density at radius 2 is 2.50 bits per heavy atom. The van der Waals surface area contributed by atoms with Crippen LogP contribution in [0.15, 0.2) is 6.20 Å². The second-order valence-corrected chi connectivity index (χ2v) is 4.33. The first-order valence-electron chi connectivity index (χ1n) is 4.59. The standard InChI is InChI=1S/C9H14N2S/c1-2-5-10-9-11-6-8(12-9)7-3-4-7/h6-7H,2-5H2,1H3,(H,10,11). The van der Waals surface area contributed by atoms with Crippen molar-refractivity contribution in [3.8, 4) is 0 Å². The largest absolute Gasteiger partial charge is 0.362 e. The van der Waals surface area contributed by atoms with Crippen LogP contribution in [-0.2, 0) is 0 Å². The minimum absolute atomic E-state index is 0.847. The highest BCUT2D eigenvalue weighted by Gasteiger charge is 2.25. The van der Waals surface area contributed by atoms with E-state index < -0.39 is 0 Å². The van der Waals surface area contributed by atoms with E-state index in [0.717, 1.165) is 17.6 Å². The summed E-state index contributed by atoms with van der Waals surface area (Å²) in [5.74, 6) is 0.847. The van der Waals surface area contributed by atoms with Crippen LogP contribution in [0.1, 0.15) is 37.0 Å². The van der Waals surface area contributed by atoms with Crippen molar-refractivity contribution in [3.05, 3.63) is 11.1 Å². The van der Waals surface area contributed by atoms with Gasteiger partial charge in [-0.15, -0.1) is 11.3 Å². The first kappa shape index (κ1) is 8.05. The molecule has 3 heteroatoms. The Kier molecular flexibility index (Phi) is 2.30. The van der Waals surface area contributed by atoms with Crippen molar-refractivity contribution in [2.75, 3.05) is 11.9 Å². The summed E-state index contributed by atoms with van der Waals surface area (Å²) in [5, 5.41) is 4.40. The highest BCUT2D eigenvalue weighted by Crippen LogP contribution is 2.43. The van der Waals surface area contributed by atoms with Gasteiger partial charge in [-0.3, -0.25) is 0 Å². The molecule has 1 aliphatic rings. The van der Waals surface area contributed by atoms with Gasteiger partial charge in [0.1, 0.15) is 0 Å². The average molecular weight is 182 g/mol. The predicted molar refractivity (Wildman–Crippen MR) is 52.9 cm³/mol. The molecule has 0 spiro atoms. The Morgan fingerprint density at radius 1 is 1.67 bits per heavy atom. The van der Waals surface area contributed by atoms with Crippen LogP contribution in [0.4, 0.5) is 5.13 Å². The lowest BCUT2D eigenvalue weighted by molar-refractivity contribution is 0.976. The van der Waals surface area contributed by atoms with Gasteiger partial charge in [0.05, 0.1) is 0 Å². The molecule has 66 valence electrons. The minimum atomic E-state index is 0.847. The van der Waals surface area contributed by atoms with Gasteiger partial charge < -0.3 is 5.32 Å². The number of anilines is 1. The maximum atomic E-state index is 4.32. The monoisotopic (exact) mass is 182 g/mol. The molecule has 2 rings (SSSR count). The van der Waals surface area contributed by atoms with Crippen LogP contribution in [0.25, 0.3) is 0 Å². The second-order valence-electron chi connectivity index (χ2n) is 3.27. The Labute approximate surface area is 77.0 Å². The maximum Gasteiger partial charge on any atom is 0.182 e. The zero-order valence-electron chi connectivity index (χ0n) is 7.34. The summed E-state index contributed by atoms with van der Waals surface area (Å²) in [6.45, 7) is 3.21. The number of nitrogens with one attached hydrogen (secondary N) is 1. The van der Waals surface area contributed by atoms with Crippen LogP contribution in [0.2, 0.25) is 0 Å². The molecular weight excluding hydrogens is 168 g/mol. The van der Waals surface area contributed by atoms with Gasteiger partial charge >= 0.3 is 0 Å². The molecule has 1 saturated carbocycles. The second kappa shape index (κ2) is 3.44. The van der Waals surface area contributed by atoms with E-state index in [2.05, 4.69) is 17.2 Å². The molecule has 1 fully saturated rings. The molecule has 0 unspecified atom stereocenters. The van der Waals surface area contributed by atoms with E-state index in [4.69, 9.17) is 0 Å². The molecule has 2 nitrogen and oxygen atoms in total. The fourth-order valence-corrected chi connectivity index (χ4v) is 2.17. The molecule has 1 heterocycles. The van der Waals surface area contributed by atoms with E-state index >= 15 is 0 Å². The van der Waals surface area contributed by atoms with Crippen LogP contribution in [0, 0.1) is 0 Å². The molecule has 1 aliphatic carbocycles. The summed E-state index contributed by atoms with van der Waals surface area (Å²) in [6.07, 6.45) is 5.93. The van der Waals surface area contributed by atoms with Gasteiger partial charge in [-0.25, -0.2) is 4.98 Å². The number of hydrogen-bond acceptors (Lipinski definition) is 3. The summed E-state index contributed by atoms with van der Waals surface area (Å²) < 4.78 is 0. The molecule has 0 bridgehead atoms. The van der Waals surface area contributed by atoms with Crippen LogP contribution < -0.4 is 5.32 Å². The van der Waals surface area contributed by atoms with Gasteiger partial charge in [0.2, 0.25) is 0 Å². The third-order valence-corrected chi connectivity index (χ3v) is 3.15. The van der Waals surface area contributed by atoms with Gasteiger partial charge in [0, 0.05) is 17.6 Å². The first-order chi connectivity index (χ1) is 5.90. The lowest BCUT2D eigenvalue weighted by Crippen LogP contribution is -1.97. The normalized spacial score (nSPS) is 16.4. The van der Waals surface area contributed by atoms with E-state index in [-0.39, 0.29) is 0 Å². The van der Waals surface area contributed by atoms with Gasteiger partial charge in [-0.2, -0.15) is 0 Å². The summed E-state index contributed by atoms with van der Waals surface area (Å²) >= 11 is 1.82. The molecule has 0 aromatic carbocycles. The van der Waals surface area contributed by atoms with Crippen molar-refractivity contribution < 1.29 is 0 Å². The third kappa shape index (κ3) is 1.78. The van der Waals surface area contributed by atoms with E-state index in [0.29, 0.717) is 0 Å². The molecule has 12 heavy (non-hydrogen) atoms. The summed E-state index contributed by atoms with van der Waals surface area (Å²) in [4.78, 5) is 5.79. The van der Waals surface area contributed by atoms with Crippen molar-refractivity contribution >= 4 is 16.5 Å². The van der Waals surface area contributed by atoms with Crippen LogP contribution in [0.5, 0.6) is 0 Å². The van der Waals surface area contributed by atoms with Gasteiger partial charge in [0.15, 0.2) is 5.13 Å². The quantitative estimate of drug-likeness (QED) is 0.774. The SMILES string of the molecule is CCCNc1ncc(C2CC2)s1. The number of nitrogens with zero attached hydrogens (tertiary/aromatic N) is 1. The Morgan fingerprint density at radius 3 is 3.17 bits per heavy atom. The Balaban J connectivity index is 1.93. The zero-order chi connectivity index (χ0) is 8.39. The van der Waals surface area contributed by atoms with Crippen LogP contribution in [-0.4, -0.2) is 11.5 Å². The highest BCUT2D eigenvalue weighted by molar-refractivity contribution is 7.15. The lowest BCUT2D eigenvalue weighted by atomic mass is 10.4. The molecule has 1 N–H and O–H groups in total. The number of aromatic nitrogens is 1. The van der Waals surface area contributed by atoms with Crippen molar-refractivity contribution in [1.29, 1.82) is 0 Å². The molecule has 0 atom stereocenters. The molecule has 1 aromatic rings. The molecule has 1 aromatic heterocycles. The van der Waals surface area contributed by atoms with Crippen molar-refractivity contribution in [3.63, 3.8) is 0 Å². The van der Waals surface area contributed by atoms with E-state index in [9.17, 15) is 0 Å². The van der Waals surface area contributed by atoms with E-state index in [1.54, 1.807) is 0 Å². The van der Waals surface area contributed by atoms with Crippen molar-refractivity contribution in [2.45, 2.75) is 32.1 Å². The number of rotatable bonds is 4. The zero-order valence-corrected chi connectivity index (χ0v) is 8.16. The highest BCUT2D eigenvalue weighted by atomic mass is 32.1. The van der Waals surface area contributed by atoms with E-state index in [1.165, 1.54) is 24.1 Å². The van der Waals surface area contributed by atoms with E-state index in [1.807, 2.05) is 17.5 Å². The topological polar surface area (TPSA) is 24.9 Å². The molecular formula is C9H14N2S. The predicted octanol–water partition coefficient (Wildman–Crippen LogP) is 2.84. The lowest BCUT2D eigenvalue weighted by Gasteiger charge is -1.96. The fourth-order valence-electron chi connectivity index (χ4n) is 1.16. The van der Waals surface area contributed by atoms with Crippen LogP contribution in [0.3, 0.4) is 0 Å². The minimum Gasteiger partial charge on any atom is -0.362 e. The molecule has 0 amide bonds. The Hall–Kier alpha value is -0.570.